The van der Waals surface area contributed by atoms with Crippen molar-refractivity contribution in [3.8, 4) is 0 Å². The number of nitrogens with one attached hydrogen (secondary N) is 1. The van der Waals surface area contributed by atoms with Gasteiger partial charge in [0.15, 0.2) is 0 Å². The van der Waals surface area contributed by atoms with Crippen LogP contribution in [-0.4, -0.2) is 113 Å². The zero-order chi connectivity index (χ0) is 28.8. The molecule has 220 valence electrons. The summed E-state index contributed by atoms with van der Waals surface area (Å²) in [7, 11) is 2.04. The van der Waals surface area contributed by atoms with E-state index < -0.39 is 12.1 Å². The van der Waals surface area contributed by atoms with Crippen molar-refractivity contribution in [2.24, 2.45) is 0 Å². The summed E-state index contributed by atoms with van der Waals surface area (Å²) in [6.07, 6.45) is 1.39. The van der Waals surface area contributed by atoms with Gasteiger partial charge in [-0.3, -0.25) is 4.79 Å². The zero-order valence-corrected chi connectivity index (χ0v) is 24.2. The second-order valence-electron chi connectivity index (χ2n) is 12.0. The Hall–Kier alpha value is -3.89. The monoisotopic (exact) mass is 569 g/mol. The van der Waals surface area contributed by atoms with E-state index in [9.17, 15) is 14.7 Å². The summed E-state index contributed by atoms with van der Waals surface area (Å²) in [6.45, 7) is 6.28. The largest absolute Gasteiger partial charge is 0.391 e. The molecule has 0 aliphatic carbocycles. The molecule has 7 rings (SSSR count). The van der Waals surface area contributed by atoms with E-state index in [1.165, 1.54) is 22.1 Å². The van der Waals surface area contributed by atoms with E-state index in [0.717, 1.165) is 62.0 Å². The van der Waals surface area contributed by atoms with Gasteiger partial charge in [0.2, 0.25) is 5.91 Å². The van der Waals surface area contributed by atoms with Gasteiger partial charge >= 0.3 is 6.03 Å². The van der Waals surface area contributed by atoms with Gasteiger partial charge in [0.05, 0.1) is 33.9 Å². The van der Waals surface area contributed by atoms with Crippen molar-refractivity contribution in [2.75, 3.05) is 64.3 Å². The average Bonchev–Trinajstić information content (AvgIpc) is 3.48. The van der Waals surface area contributed by atoms with Crippen LogP contribution in [-0.2, 0) is 11.3 Å². The summed E-state index contributed by atoms with van der Waals surface area (Å²) < 4.78 is 2.43. The number of benzene rings is 2. The number of urea groups is 1. The SMILES string of the molecule is CN1CCN(C(=O)N2C[C@H](O)C[C@H]2C(=O)NCCCN2CCCn3c4ccccc4c4nc5ccccc5c2c43)CC1. The first-order chi connectivity index (χ1) is 20.5. The third-order valence-electron chi connectivity index (χ3n) is 9.19. The van der Waals surface area contributed by atoms with Gasteiger partial charge in [-0.2, -0.15) is 0 Å². The number of anilines is 1. The number of aromatic nitrogens is 2. The van der Waals surface area contributed by atoms with Gasteiger partial charge in [-0.05, 0) is 32.0 Å². The Balaban J connectivity index is 1.07. The molecule has 0 saturated carbocycles. The summed E-state index contributed by atoms with van der Waals surface area (Å²) in [5, 5.41) is 15.8. The van der Waals surface area contributed by atoms with E-state index in [1.807, 2.05) is 13.1 Å². The highest BCUT2D eigenvalue weighted by atomic mass is 16.3. The Labute approximate surface area is 245 Å². The molecule has 2 aromatic heterocycles. The minimum Gasteiger partial charge on any atom is -0.391 e. The maximum absolute atomic E-state index is 13.3. The van der Waals surface area contributed by atoms with Crippen LogP contribution in [0.4, 0.5) is 10.5 Å². The fourth-order valence-electron chi connectivity index (χ4n) is 7.02. The Morgan fingerprint density at radius 1 is 0.976 bits per heavy atom. The lowest BCUT2D eigenvalue weighted by Gasteiger charge is -2.36. The van der Waals surface area contributed by atoms with Gasteiger partial charge in [0.1, 0.15) is 6.04 Å². The smallest absolute Gasteiger partial charge is 0.320 e. The summed E-state index contributed by atoms with van der Waals surface area (Å²) in [4.78, 5) is 39.6. The standard InChI is InChI=1S/C32H39N7O3/c1-35-16-18-37(19-17-35)32(42)39-21-22(40)20-27(39)31(41)33-12-6-13-36-14-7-15-38-26-11-5-3-9-24(26)28-30(38)29(36)23-8-2-4-10-25(23)34-28/h2-5,8-11,22,27,40H,6-7,12-21H2,1H3,(H,33,41)/t22-,27+/m1/s1. The summed E-state index contributed by atoms with van der Waals surface area (Å²) in [5.74, 6) is -0.179. The third kappa shape index (κ3) is 4.72. The molecule has 0 spiro atoms. The van der Waals surface area contributed by atoms with Crippen molar-refractivity contribution >= 4 is 50.5 Å². The lowest BCUT2D eigenvalue weighted by molar-refractivity contribution is -0.124. The molecular formula is C32H39N7O3. The van der Waals surface area contributed by atoms with Gasteiger partial charge in [-0.15, -0.1) is 0 Å². The Kier molecular flexibility index (Phi) is 7.11. The molecular weight excluding hydrogens is 530 g/mol. The van der Waals surface area contributed by atoms with Crippen LogP contribution in [0.3, 0.4) is 0 Å². The van der Waals surface area contributed by atoms with Crippen LogP contribution in [0, 0.1) is 0 Å². The maximum Gasteiger partial charge on any atom is 0.320 e. The normalized spacial score (nSPS) is 21.4. The summed E-state index contributed by atoms with van der Waals surface area (Å²) in [5.41, 5.74) is 5.67. The predicted octanol–water partition coefficient (Wildman–Crippen LogP) is 2.86. The van der Waals surface area contributed by atoms with Gasteiger partial charge in [0.25, 0.3) is 0 Å². The number of hydrogen-bond donors (Lipinski definition) is 2. The molecule has 42 heavy (non-hydrogen) atoms. The van der Waals surface area contributed by atoms with Gasteiger partial charge in [0, 0.05) is 76.1 Å². The number of pyridine rings is 1. The highest BCUT2D eigenvalue weighted by molar-refractivity contribution is 6.16. The van der Waals surface area contributed by atoms with E-state index in [2.05, 4.69) is 62.1 Å². The third-order valence-corrected chi connectivity index (χ3v) is 9.19. The van der Waals surface area contributed by atoms with Crippen LogP contribution >= 0.6 is 0 Å². The number of nitrogens with zero attached hydrogens (tertiary/aromatic N) is 6. The molecule has 10 nitrogen and oxygen atoms in total. The molecule has 10 heteroatoms. The van der Waals surface area contributed by atoms with Crippen molar-refractivity contribution in [1.29, 1.82) is 0 Å². The van der Waals surface area contributed by atoms with E-state index in [-0.39, 0.29) is 24.9 Å². The van der Waals surface area contributed by atoms with E-state index >= 15 is 0 Å². The molecule has 5 heterocycles. The van der Waals surface area contributed by atoms with Gasteiger partial charge in [-0.25, -0.2) is 9.78 Å². The highest BCUT2D eigenvalue weighted by Gasteiger charge is 2.40. The molecule has 3 aliphatic heterocycles. The Bertz CT molecular complexity index is 1640. The van der Waals surface area contributed by atoms with Crippen LogP contribution in [0.5, 0.6) is 0 Å². The number of aryl methyl sites for hydroxylation is 1. The number of rotatable bonds is 5. The van der Waals surface area contributed by atoms with Crippen molar-refractivity contribution in [2.45, 2.75) is 38.0 Å². The molecule has 0 radical (unpaired) electrons. The molecule has 3 amide bonds. The number of likely N-dealkylation sites (N-methyl/N-ethyl adjacent to an activating group) is 1. The molecule has 3 aliphatic rings. The van der Waals surface area contributed by atoms with Gasteiger partial charge < -0.3 is 34.6 Å². The van der Waals surface area contributed by atoms with Crippen LogP contribution < -0.4 is 10.2 Å². The minimum absolute atomic E-state index is 0.145. The number of β-amino-alcohol motifs (C(OH)–C–C–N with tert-alkyl or cyclic N) is 1. The molecule has 4 aromatic rings. The number of carbonyl (C=O) groups is 2. The fourth-order valence-corrected chi connectivity index (χ4v) is 7.02. The zero-order valence-electron chi connectivity index (χ0n) is 24.2. The molecule has 0 bridgehead atoms. The van der Waals surface area contributed by atoms with Gasteiger partial charge in [-0.1, -0.05) is 36.4 Å². The molecule has 2 saturated heterocycles. The lowest BCUT2D eigenvalue weighted by atomic mass is 10.1. The predicted molar refractivity (Wildman–Crippen MR) is 165 cm³/mol. The first-order valence-corrected chi connectivity index (χ1v) is 15.2. The molecule has 2 N–H and O–H groups in total. The van der Waals surface area contributed by atoms with Crippen LogP contribution in [0.1, 0.15) is 19.3 Å². The van der Waals surface area contributed by atoms with Crippen LogP contribution in [0.25, 0.3) is 32.8 Å². The molecule has 2 aromatic carbocycles. The number of piperazine rings is 1. The van der Waals surface area contributed by atoms with E-state index in [1.54, 1.807) is 9.80 Å². The van der Waals surface area contributed by atoms with Crippen LogP contribution in [0.2, 0.25) is 0 Å². The highest BCUT2D eigenvalue weighted by Crippen LogP contribution is 2.40. The average molecular weight is 570 g/mol. The lowest BCUT2D eigenvalue weighted by Crippen LogP contribution is -2.55. The van der Waals surface area contributed by atoms with Crippen molar-refractivity contribution in [3.05, 3.63) is 48.5 Å². The second kappa shape index (κ2) is 11.1. The number of hydrogen-bond acceptors (Lipinski definition) is 6. The molecule has 2 fully saturated rings. The number of carbonyl (C=O) groups excluding carboxylic acids is 2. The number of amides is 3. The summed E-state index contributed by atoms with van der Waals surface area (Å²) >= 11 is 0. The second-order valence-corrected chi connectivity index (χ2v) is 12.0. The summed E-state index contributed by atoms with van der Waals surface area (Å²) in [6, 6.07) is 16.1. The Morgan fingerprint density at radius 3 is 2.57 bits per heavy atom. The Morgan fingerprint density at radius 2 is 1.74 bits per heavy atom. The first-order valence-electron chi connectivity index (χ1n) is 15.2. The molecule has 2 atom stereocenters. The maximum atomic E-state index is 13.3. The van der Waals surface area contributed by atoms with Crippen LogP contribution in [0.15, 0.2) is 48.5 Å². The van der Waals surface area contributed by atoms with Crippen molar-refractivity contribution < 1.29 is 14.7 Å². The fraction of sp³-hybridized carbons (Fsp3) is 0.469. The number of fused-ring (bicyclic) bond motifs is 5. The quantitative estimate of drug-likeness (QED) is 0.359. The van der Waals surface area contributed by atoms with E-state index in [0.29, 0.717) is 19.6 Å². The first kappa shape index (κ1) is 27.0. The van der Waals surface area contributed by atoms with Crippen molar-refractivity contribution in [1.82, 2.24) is 29.6 Å². The van der Waals surface area contributed by atoms with Crippen molar-refractivity contribution in [3.63, 3.8) is 0 Å². The number of aliphatic hydroxyl groups excluding tert-OH is 1. The number of para-hydroxylation sites is 2. The molecule has 0 unspecified atom stereocenters. The number of aliphatic hydroxyl groups is 1. The minimum atomic E-state index is -0.677. The topological polar surface area (TPSA) is 97.2 Å². The number of likely N-dealkylation sites (tertiary alicyclic amines) is 1. The van der Waals surface area contributed by atoms with E-state index in [4.69, 9.17) is 4.98 Å².